The van der Waals surface area contributed by atoms with Crippen molar-refractivity contribution < 1.29 is 18.1 Å². The van der Waals surface area contributed by atoms with Crippen LogP contribution in [0, 0.1) is 17.0 Å². The van der Waals surface area contributed by atoms with Crippen LogP contribution < -0.4 is 10.0 Å². The number of hydrogen-bond acceptors (Lipinski definition) is 5. The Kier molecular flexibility index (Phi) is 7.40. The van der Waals surface area contributed by atoms with Crippen LogP contribution >= 0.6 is 0 Å². The summed E-state index contributed by atoms with van der Waals surface area (Å²) in [5.41, 5.74) is 1.61. The summed E-state index contributed by atoms with van der Waals surface area (Å²) in [5, 5.41) is 13.7. The van der Waals surface area contributed by atoms with Gasteiger partial charge < -0.3 is 5.32 Å². The molecule has 2 aromatic rings. The third-order valence-electron chi connectivity index (χ3n) is 5.58. The zero-order chi connectivity index (χ0) is 22.4. The van der Waals surface area contributed by atoms with E-state index < -0.39 is 14.9 Å². The molecule has 9 heteroatoms. The van der Waals surface area contributed by atoms with E-state index in [4.69, 9.17) is 0 Å². The van der Waals surface area contributed by atoms with E-state index in [9.17, 15) is 23.3 Å². The van der Waals surface area contributed by atoms with Crippen molar-refractivity contribution in [3.05, 3.63) is 63.7 Å². The van der Waals surface area contributed by atoms with Gasteiger partial charge in [0.1, 0.15) is 0 Å². The van der Waals surface area contributed by atoms with Crippen molar-refractivity contribution in [2.75, 3.05) is 5.32 Å². The number of sulfonamides is 1. The second kappa shape index (κ2) is 10.0. The number of carbonyl (C=O) groups excluding carboxylic acids is 1. The van der Waals surface area contributed by atoms with Gasteiger partial charge in [0.05, 0.1) is 21.1 Å². The van der Waals surface area contributed by atoms with Crippen LogP contribution in [-0.2, 0) is 21.2 Å². The van der Waals surface area contributed by atoms with Gasteiger partial charge in [0, 0.05) is 18.5 Å². The number of benzene rings is 2. The largest absolute Gasteiger partial charge is 0.326 e. The van der Waals surface area contributed by atoms with E-state index in [2.05, 4.69) is 10.0 Å². The monoisotopic (exact) mass is 445 g/mol. The highest BCUT2D eigenvalue weighted by Crippen LogP contribution is 2.25. The SMILES string of the molecule is Cc1c(NC(=O)CCc2ccc(S(=O)(=O)NC3CCCCC3)cc2)cccc1[N+](=O)[O-]. The normalized spacial score (nSPS) is 14.9. The number of rotatable bonds is 8. The molecule has 3 rings (SSSR count). The maximum absolute atomic E-state index is 12.6. The molecule has 0 atom stereocenters. The van der Waals surface area contributed by atoms with Gasteiger partial charge in [-0.05, 0) is 49.9 Å². The zero-order valence-electron chi connectivity index (χ0n) is 17.5. The maximum atomic E-state index is 12.6. The lowest BCUT2D eigenvalue weighted by molar-refractivity contribution is -0.385. The number of aryl methyl sites for hydroxylation is 1. The van der Waals surface area contributed by atoms with Crippen LogP contribution in [0.25, 0.3) is 0 Å². The molecule has 0 aromatic heterocycles. The molecule has 0 aliphatic heterocycles. The van der Waals surface area contributed by atoms with Crippen LogP contribution in [0.4, 0.5) is 11.4 Å². The first-order chi connectivity index (χ1) is 14.8. The molecular formula is C22H27N3O5S. The fourth-order valence-corrected chi connectivity index (χ4v) is 5.08. The molecule has 8 nitrogen and oxygen atoms in total. The van der Waals surface area contributed by atoms with E-state index in [0.717, 1.165) is 37.7 Å². The van der Waals surface area contributed by atoms with Crippen molar-refractivity contribution in [1.82, 2.24) is 4.72 Å². The molecular weight excluding hydrogens is 418 g/mol. The molecule has 1 fully saturated rings. The van der Waals surface area contributed by atoms with Gasteiger partial charge in [0.25, 0.3) is 5.69 Å². The lowest BCUT2D eigenvalue weighted by Crippen LogP contribution is -2.36. The van der Waals surface area contributed by atoms with Gasteiger partial charge in [-0.15, -0.1) is 0 Å². The minimum absolute atomic E-state index is 0.000565. The molecule has 31 heavy (non-hydrogen) atoms. The Morgan fingerprint density at radius 2 is 1.77 bits per heavy atom. The predicted molar refractivity (Wildman–Crippen MR) is 118 cm³/mol. The summed E-state index contributed by atoms with van der Waals surface area (Å²) in [4.78, 5) is 23.0. The molecule has 0 unspecified atom stereocenters. The van der Waals surface area contributed by atoms with Crippen molar-refractivity contribution >= 4 is 27.3 Å². The number of hydrogen-bond donors (Lipinski definition) is 2. The Morgan fingerprint density at radius 1 is 1.10 bits per heavy atom. The van der Waals surface area contributed by atoms with Crippen LogP contribution in [-0.4, -0.2) is 25.3 Å². The molecule has 166 valence electrons. The number of carbonyl (C=O) groups is 1. The molecule has 0 saturated heterocycles. The first-order valence-corrected chi connectivity index (χ1v) is 11.9. The quantitative estimate of drug-likeness (QED) is 0.469. The molecule has 1 amide bonds. The summed E-state index contributed by atoms with van der Waals surface area (Å²) >= 11 is 0. The van der Waals surface area contributed by atoms with E-state index in [1.165, 1.54) is 12.1 Å². The summed E-state index contributed by atoms with van der Waals surface area (Å²) in [6.45, 7) is 1.59. The van der Waals surface area contributed by atoms with Crippen molar-refractivity contribution in [3.63, 3.8) is 0 Å². The summed E-state index contributed by atoms with van der Waals surface area (Å²) in [5.74, 6) is -0.265. The predicted octanol–water partition coefficient (Wildman–Crippen LogP) is 4.09. The summed E-state index contributed by atoms with van der Waals surface area (Å²) in [6.07, 6.45) is 5.59. The van der Waals surface area contributed by atoms with Gasteiger partial charge in [-0.2, -0.15) is 0 Å². The molecule has 2 aromatic carbocycles. The minimum Gasteiger partial charge on any atom is -0.326 e. The second-order valence-electron chi connectivity index (χ2n) is 7.86. The Morgan fingerprint density at radius 3 is 2.42 bits per heavy atom. The summed E-state index contributed by atoms with van der Waals surface area (Å²) in [6, 6.07) is 11.1. The first kappa shape index (κ1) is 22.9. The molecule has 0 spiro atoms. The maximum Gasteiger partial charge on any atom is 0.274 e. The number of nitro benzene ring substituents is 1. The standard InChI is InChI=1S/C22H27N3O5S/c1-16-20(8-5-9-21(16)25(27)28)23-22(26)15-12-17-10-13-19(14-11-17)31(29,30)24-18-6-3-2-4-7-18/h5,8-11,13-14,18,24H,2-4,6-7,12,15H2,1H3,(H,23,26). The number of amides is 1. The number of nitrogens with zero attached hydrogens (tertiary/aromatic N) is 1. The Labute approximate surface area is 182 Å². The first-order valence-electron chi connectivity index (χ1n) is 10.4. The van der Waals surface area contributed by atoms with Gasteiger partial charge in [-0.25, -0.2) is 13.1 Å². The Hall–Kier alpha value is -2.78. The van der Waals surface area contributed by atoms with E-state index >= 15 is 0 Å². The van der Waals surface area contributed by atoms with Crippen LogP contribution in [0.3, 0.4) is 0 Å². The third kappa shape index (κ3) is 6.11. The smallest absolute Gasteiger partial charge is 0.274 e. The average Bonchev–Trinajstić information content (AvgIpc) is 2.74. The average molecular weight is 446 g/mol. The van der Waals surface area contributed by atoms with Crippen molar-refractivity contribution in [3.8, 4) is 0 Å². The molecule has 2 N–H and O–H groups in total. The van der Waals surface area contributed by atoms with Crippen LogP contribution in [0.5, 0.6) is 0 Å². The van der Waals surface area contributed by atoms with E-state index in [1.54, 1.807) is 37.3 Å². The van der Waals surface area contributed by atoms with Gasteiger partial charge in [0.2, 0.25) is 15.9 Å². The van der Waals surface area contributed by atoms with Crippen LogP contribution in [0.1, 0.15) is 49.7 Å². The lowest BCUT2D eigenvalue weighted by atomic mass is 9.96. The molecule has 1 aliphatic carbocycles. The highest BCUT2D eigenvalue weighted by Gasteiger charge is 2.21. The molecule has 1 aliphatic rings. The Bertz CT molecular complexity index is 1050. The topological polar surface area (TPSA) is 118 Å². The highest BCUT2D eigenvalue weighted by molar-refractivity contribution is 7.89. The van der Waals surface area contributed by atoms with Crippen molar-refractivity contribution in [2.24, 2.45) is 0 Å². The van der Waals surface area contributed by atoms with Gasteiger partial charge in [-0.1, -0.05) is 37.5 Å². The summed E-state index contributed by atoms with van der Waals surface area (Å²) in [7, 11) is -3.55. The van der Waals surface area contributed by atoms with Gasteiger partial charge in [-0.3, -0.25) is 14.9 Å². The fourth-order valence-electron chi connectivity index (χ4n) is 3.77. The molecule has 0 bridgehead atoms. The number of nitrogens with one attached hydrogen (secondary N) is 2. The van der Waals surface area contributed by atoms with E-state index in [1.807, 2.05) is 0 Å². The lowest BCUT2D eigenvalue weighted by Gasteiger charge is -2.22. The third-order valence-corrected chi connectivity index (χ3v) is 7.11. The summed E-state index contributed by atoms with van der Waals surface area (Å²) < 4.78 is 27.9. The van der Waals surface area contributed by atoms with Crippen molar-refractivity contribution in [1.29, 1.82) is 0 Å². The molecule has 0 radical (unpaired) electrons. The fraction of sp³-hybridized carbons (Fsp3) is 0.409. The molecule has 0 heterocycles. The number of nitro groups is 1. The highest BCUT2D eigenvalue weighted by atomic mass is 32.2. The number of anilines is 1. The van der Waals surface area contributed by atoms with E-state index in [0.29, 0.717) is 17.7 Å². The van der Waals surface area contributed by atoms with Crippen LogP contribution in [0.2, 0.25) is 0 Å². The zero-order valence-corrected chi connectivity index (χ0v) is 18.3. The van der Waals surface area contributed by atoms with Crippen LogP contribution in [0.15, 0.2) is 47.4 Å². The van der Waals surface area contributed by atoms with Gasteiger partial charge >= 0.3 is 0 Å². The Balaban J connectivity index is 1.56. The second-order valence-corrected chi connectivity index (χ2v) is 9.57. The molecule has 1 saturated carbocycles. The van der Waals surface area contributed by atoms with Crippen molar-refractivity contribution in [2.45, 2.75) is 62.8 Å². The van der Waals surface area contributed by atoms with Gasteiger partial charge in [0.15, 0.2) is 0 Å². The minimum atomic E-state index is -3.55. The van der Waals surface area contributed by atoms with E-state index in [-0.39, 0.29) is 29.0 Å².